The van der Waals surface area contributed by atoms with E-state index in [1.54, 1.807) is 4.90 Å². The van der Waals surface area contributed by atoms with Crippen molar-refractivity contribution in [1.82, 2.24) is 9.62 Å². The van der Waals surface area contributed by atoms with Gasteiger partial charge in [-0.2, -0.15) is 8.78 Å². The van der Waals surface area contributed by atoms with Crippen LogP contribution in [0.1, 0.15) is 26.7 Å². The molecular weight excluding hydrogens is 254 g/mol. The van der Waals surface area contributed by atoms with Crippen molar-refractivity contribution < 1.29 is 22.0 Å². The first-order valence-electron chi connectivity index (χ1n) is 5.35. The number of hydrogen-bond acceptors (Lipinski definition) is 4. The third-order valence-corrected chi connectivity index (χ3v) is 3.69. The lowest BCUT2D eigenvalue weighted by atomic mass is 10.2. The monoisotopic (exact) mass is 270 g/mol. The summed E-state index contributed by atoms with van der Waals surface area (Å²) in [5.41, 5.74) is 0. The smallest absolute Gasteiger partial charge is 0.290 e. The highest BCUT2D eigenvalue weighted by Crippen LogP contribution is 2.20. The van der Waals surface area contributed by atoms with Gasteiger partial charge in [-0.05, 0) is 33.2 Å². The molecule has 1 N–H and O–H groups in total. The molecular formula is C9H16F2N2O3S. The Kier molecular flexibility index (Phi) is 4.42. The Morgan fingerprint density at radius 2 is 2.00 bits per heavy atom. The Bertz CT molecular complexity index is 384. The molecule has 0 spiro atoms. The maximum Gasteiger partial charge on any atom is 0.355 e. The molecule has 17 heavy (non-hydrogen) atoms. The minimum Gasteiger partial charge on any atom is -0.290 e. The second kappa shape index (κ2) is 5.26. The average Bonchev–Trinajstić information content (AvgIpc) is 2.64. The summed E-state index contributed by atoms with van der Waals surface area (Å²) in [4.78, 5) is 13.4. The van der Waals surface area contributed by atoms with Gasteiger partial charge in [-0.1, -0.05) is 0 Å². The van der Waals surface area contributed by atoms with E-state index in [1.165, 1.54) is 4.72 Å². The summed E-state index contributed by atoms with van der Waals surface area (Å²) in [5, 5.41) is 0. The van der Waals surface area contributed by atoms with Crippen LogP contribution < -0.4 is 4.72 Å². The fourth-order valence-corrected chi connectivity index (χ4v) is 2.45. The van der Waals surface area contributed by atoms with Crippen molar-refractivity contribution in [3.05, 3.63) is 0 Å². The summed E-state index contributed by atoms with van der Waals surface area (Å²) in [6, 6.07) is -0.564. The van der Waals surface area contributed by atoms with Crippen LogP contribution in [0.4, 0.5) is 8.78 Å². The molecule has 0 aromatic heterocycles. The van der Waals surface area contributed by atoms with Crippen LogP contribution >= 0.6 is 0 Å². The van der Waals surface area contributed by atoms with E-state index in [0.29, 0.717) is 13.0 Å². The van der Waals surface area contributed by atoms with Gasteiger partial charge in [0.05, 0.1) is 6.04 Å². The summed E-state index contributed by atoms with van der Waals surface area (Å²) in [6.45, 7) is 4.41. The lowest BCUT2D eigenvalue weighted by Gasteiger charge is -2.26. The molecule has 1 rings (SSSR count). The normalized spacial score (nSPS) is 22.4. The van der Waals surface area contributed by atoms with Gasteiger partial charge in [-0.15, -0.1) is 0 Å². The number of carbonyl (C=O) groups excluding carboxylic acids is 1. The van der Waals surface area contributed by atoms with Gasteiger partial charge in [0.15, 0.2) is 0 Å². The van der Waals surface area contributed by atoms with Crippen molar-refractivity contribution in [2.45, 2.75) is 44.5 Å². The molecule has 0 radical (unpaired) electrons. The van der Waals surface area contributed by atoms with Crippen LogP contribution in [-0.4, -0.2) is 43.6 Å². The lowest BCUT2D eigenvalue weighted by molar-refractivity contribution is -0.124. The highest BCUT2D eigenvalue weighted by atomic mass is 32.2. The van der Waals surface area contributed by atoms with E-state index in [2.05, 4.69) is 0 Å². The first-order valence-corrected chi connectivity index (χ1v) is 6.89. The summed E-state index contributed by atoms with van der Waals surface area (Å²) < 4.78 is 47.4. The van der Waals surface area contributed by atoms with Crippen molar-refractivity contribution in [2.24, 2.45) is 0 Å². The van der Waals surface area contributed by atoms with E-state index >= 15 is 0 Å². The fourth-order valence-electron chi connectivity index (χ4n) is 1.94. The van der Waals surface area contributed by atoms with Crippen LogP contribution in [0.3, 0.4) is 0 Å². The molecule has 1 amide bonds. The van der Waals surface area contributed by atoms with Crippen molar-refractivity contribution in [3.63, 3.8) is 0 Å². The molecule has 0 aromatic carbocycles. The van der Waals surface area contributed by atoms with Crippen LogP contribution in [0.15, 0.2) is 0 Å². The van der Waals surface area contributed by atoms with Gasteiger partial charge in [-0.3, -0.25) is 9.69 Å². The number of alkyl halides is 2. The zero-order valence-corrected chi connectivity index (χ0v) is 10.5. The molecule has 1 saturated heterocycles. The number of likely N-dealkylation sites (tertiary alicyclic amines) is 1. The minimum atomic E-state index is -4.84. The SMILES string of the molecule is CC(C)N1CCC[C@H]1C(=O)NS(=O)(=O)C(F)F. The summed E-state index contributed by atoms with van der Waals surface area (Å²) >= 11 is 0. The number of halogens is 2. The zero-order valence-electron chi connectivity index (χ0n) is 9.69. The number of rotatable bonds is 4. The van der Waals surface area contributed by atoms with Crippen molar-refractivity contribution >= 4 is 15.9 Å². The summed E-state index contributed by atoms with van der Waals surface area (Å²) in [7, 11) is -4.84. The lowest BCUT2D eigenvalue weighted by Crippen LogP contribution is -2.48. The Hall–Kier alpha value is -0.760. The van der Waals surface area contributed by atoms with Gasteiger partial charge < -0.3 is 0 Å². The molecule has 0 saturated carbocycles. The predicted molar refractivity (Wildman–Crippen MR) is 57.9 cm³/mol. The second-order valence-corrected chi connectivity index (χ2v) is 5.91. The van der Waals surface area contributed by atoms with Crippen LogP contribution in [0.25, 0.3) is 0 Å². The highest BCUT2D eigenvalue weighted by molar-refractivity contribution is 7.90. The average molecular weight is 270 g/mol. The van der Waals surface area contributed by atoms with Crippen molar-refractivity contribution in [2.75, 3.05) is 6.54 Å². The van der Waals surface area contributed by atoms with Gasteiger partial charge in [0.2, 0.25) is 0 Å². The third kappa shape index (κ3) is 3.35. The fraction of sp³-hybridized carbons (Fsp3) is 0.889. The molecule has 0 aliphatic carbocycles. The molecule has 0 bridgehead atoms. The maximum atomic E-state index is 12.1. The van der Waals surface area contributed by atoms with E-state index in [1.807, 2.05) is 13.8 Å². The molecule has 1 fully saturated rings. The number of nitrogens with zero attached hydrogens (tertiary/aromatic N) is 1. The summed E-state index contributed by atoms with van der Waals surface area (Å²) in [6.07, 6.45) is 1.24. The Morgan fingerprint density at radius 1 is 1.41 bits per heavy atom. The van der Waals surface area contributed by atoms with Crippen molar-refractivity contribution in [3.8, 4) is 0 Å². The van der Waals surface area contributed by atoms with Gasteiger partial charge >= 0.3 is 5.76 Å². The zero-order chi connectivity index (χ0) is 13.2. The first-order chi connectivity index (χ1) is 7.75. The van der Waals surface area contributed by atoms with Gasteiger partial charge in [0.1, 0.15) is 0 Å². The Labute approximate surface area is 99.2 Å². The quantitative estimate of drug-likeness (QED) is 0.809. The number of carbonyl (C=O) groups is 1. The molecule has 5 nitrogen and oxygen atoms in total. The summed E-state index contributed by atoms with van der Waals surface area (Å²) in [5.74, 6) is -4.45. The highest BCUT2D eigenvalue weighted by Gasteiger charge is 2.36. The van der Waals surface area contributed by atoms with Crippen LogP contribution in [0, 0.1) is 0 Å². The van der Waals surface area contributed by atoms with Gasteiger partial charge in [0.25, 0.3) is 15.9 Å². The predicted octanol–water partition coefficient (Wildman–Crippen LogP) is 0.528. The van der Waals surface area contributed by atoms with Gasteiger partial charge in [0, 0.05) is 6.04 Å². The molecule has 8 heteroatoms. The van der Waals surface area contributed by atoms with E-state index in [0.717, 1.165) is 6.42 Å². The first kappa shape index (κ1) is 14.3. The number of sulfonamides is 1. The van der Waals surface area contributed by atoms with Crippen LogP contribution in [0.2, 0.25) is 0 Å². The molecule has 1 atom stereocenters. The third-order valence-electron chi connectivity index (χ3n) is 2.74. The van der Waals surface area contributed by atoms with E-state index < -0.39 is 27.7 Å². The Balaban J connectivity index is 2.71. The van der Waals surface area contributed by atoms with E-state index in [-0.39, 0.29) is 6.04 Å². The molecule has 0 aromatic rings. The number of nitrogens with one attached hydrogen (secondary N) is 1. The minimum absolute atomic E-state index is 0.0718. The number of amides is 1. The molecule has 0 unspecified atom stereocenters. The van der Waals surface area contributed by atoms with Crippen LogP contribution in [-0.2, 0) is 14.8 Å². The molecule has 1 aliphatic rings. The van der Waals surface area contributed by atoms with E-state index in [4.69, 9.17) is 0 Å². The standard InChI is InChI=1S/C9H16F2N2O3S/c1-6(2)13-5-3-4-7(13)8(14)12-17(15,16)9(10)11/h6-7,9H,3-5H2,1-2H3,(H,12,14)/t7-/m0/s1. The molecule has 1 heterocycles. The van der Waals surface area contributed by atoms with E-state index in [9.17, 15) is 22.0 Å². The topological polar surface area (TPSA) is 66.5 Å². The Morgan fingerprint density at radius 3 is 2.47 bits per heavy atom. The maximum absolute atomic E-state index is 12.1. The number of hydrogen-bond donors (Lipinski definition) is 1. The largest absolute Gasteiger partial charge is 0.355 e. The van der Waals surface area contributed by atoms with Crippen LogP contribution in [0.5, 0.6) is 0 Å². The molecule has 1 aliphatic heterocycles. The molecule has 100 valence electrons. The van der Waals surface area contributed by atoms with Gasteiger partial charge in [-0.25, -0.2) is 13.1 Å². The second-order valence-electron chi connectivity index (χ2n) is 4.26. The van der Waals surface area contributed by atoms with Crippen molar-refractivity contribution in [1.29, 1.82) is 0 Å².